The fraction of sp³-hybridized carbons (Fsp3) is 0.700. The van der Waals surface area contributed by atoms with Gasteiger partial charge in [0.25, 0.3) is 6.43 Å². The van der Waals surface area contributed by atoms with Gasteiger partial charge in [-0.25, -0.2) is 13.2 Å². The Labute approximate surface area is 165 Å². The molecule has 3 rings (SSSR count). The van der Waals surface area contributed by atoms with Crippen molar-refractivity contribution in [2.24, 2.45) is 0 Å². The number of nitrogens with zero attached hydrogens (tertiary/aromatic N) is 1. The van der Waals surface area contributed by atoms with Crippen molar-refractivity contribution in [3.8, 4) is 0 Å². The Hall–Kier alpha value is -1.09. The van der Waals surface area contributed by atoms with Crippen LogP contribution in [0.15, 0.2) is 24.3 Å². The van der Waals surface area contributed by atoms with E-state index < -0.39 is 55.8 Å². The highest BCUT2D eigenvalue weighted by Gasteiger charge is 2.52. The lowest BCUT2D eigenvalue weighted by Gasteiger charge is -2.32. The summed E-state index contributed by atoms with van der Waals surface area (Å²) in [5, 5.41) is 0. The van der Waals surface area contributed by atoms with Crippen LogP contribution in [0.5, 0.6) is 0 Å². The third-order valence-electron chi connectivity index (χ3n) is 6.14. The summed E-state index contributed by atoms with van der Waals surface area (Å²) in [5.74, 6) is 0. The van der Waals surface area contributed by atoms with Crippen LogP contribution in [0.3, 0.4) is 0 Å². The van der Waals surface area contributed by atoms with E-state index in [1.807, 2.05) is 52.0 Å². The van der Waals surface area contributed by atoms with E-state index in [1.54, 1.807) is 13.8 Å². The molecule has 1 aromatic rings. The SMILES string of the molecule is CC1(C)OC(c2ccc(B3OC(C)(C)C(C)(C)O3)cc2)C(CF)N1CC(F)F. The normalized spacial score (nSPS) is 29.0. The van der Waals surface area contributed by atoms with Gasteiger partial charge >= 0.3 is 7.12 Å². The molecular formula is C20H29BF3NO3. The Balaban J connectivity index is 1.80. The van der Waals surface area contributed by atoms with Gasteiger partial charge in [-0.1, -0.05) is 24.3 Å². The Kier molecular flexibility index (Phi) is 5.64. The van der Waals surface area contributed by atoms with Gasteiger partial charge in [0.1, 0.15) is 18.5 Å². The molecule has 0 saturated carbocycles. The van der Waals surface area contributed by atoms with Crippen LogP contribution in [0, 0.1) is 0 Å². The highest BCUT2D eigenvalue weighted by Crippen LogP contribution is 2.41. The summed E-state index contributed by atoms with van der Waals surface area (Å²) in [5.41, 5.74) is -0.260. The molecule has 0 radical (unpaired) electrons. The summed E-state index contributed by atoms with van der Waals surface area (Å²) in [4.78, 5) is 1.41. The molecule has 156 valence electrons. The van der Waals surface area contributed by atoms with Gasteiger partial charge in [-0.15, -0.1) is 0 Å². The highest BCUT2D eigenvalue weighted by atomic mass is 19.3. The molecule has 0 N–H and O–H groups in total. The lowest BCUT2D eigenvalue weighted by Crippen LogP contribution is -2.47. The number of hydrogen-bond acceptors (Lipinski definition) is 4. The third-order valence-corrected chi connectivity index (χ3v) is 6.14. The van der Waals surface area contributed by atoms with E-state index in [9.17, 15) is 13.2 Å². The van der Waals surface area contributed by atoms with Crippen molar-refractivity contribution in [2.45, 2.75) is 77.0 Å². The molecule has 0 aliphatic carbocycles. The maximum atomic E-state index is 13.8. The molecule has 2 aliphatic heterocycles. The largest absolute Gasteiger partial charge is 0.494 e. The molecule has 2 heterocycles. The van der Waals surface area contributed by atoms with E-state index in [4.69, 9.17) is 14.0 Å². The molecule has 0 bridgehead atoms. The van der Waals surface area contributed by atoms with Crippen molar-refractivity contribution in [3.05, 3.63) is 29.8 Å². The maximum absolute atomic E-state index is 13.8. The van der Waals surface area contributed by atoms with E-state index in [0.29, 0.717) is 0 Å². The fourth-order valence-corrected chi connectivity index (χ4v) is 3.80. The zero-order valence-corrected chi connectivity index (χ0v) is 17.3. The third kappa shape index (κ3) is 3.84. The zero-order chi connectivity index (χ0) is 20.9. The summed E-state index contributed by atoms with van der Waals surface area (Å²) in [6.07, 6.45) is -3.17. The van der Waals surface area contributed by atoms with Crippen LogP contribution >= 0.6 is 0 Å². The van der Waals surface area contributed by atoms with Crippen molar-refractivity contribution >= 4 is 12.6 Å². The van der Waals surface area contributed by atoms with Gasteiger partial charge in [0.15, 0.2) is 0 Å². The van der Waals surface area contributed by atoms with Crippen LogP contribution < -0.4 is 5.46 Å². The average molecular weight is 399 g/mol. The molecule has 4 nitrogen and oxygen atoms in total. The predicted octanol–water partition coefficient (Wildman–Crippen LogP) is 3.70. The van der Waals surface area contributed by atoms with E-state index >= 15 is 0 Å². The van der Waals surface area contributed by atoms with Crippen molar-refractivity contribution in [1.82, 2.24) is 4.90 Å². The Bertz CT molecular complexity index is 680. The number of hydrogen-bond donors (Lipinski definition) is 0. The van der Waals surface area contributed by atoms with Crippen LogP contribution in [-0.4, -0.2) is 54.6 Å². The monoisotopic (exact) mass is 399 g/mol. The first-order valence-electron chi connectivity index (χ1n) is 9.62. The minimum atomic E-state index is -2.55. The first-order chi connectivity index (χ1) is 12.9. The van der Waals surface area contributed by atoms with Gasteiger partial charge < -0.3 is 14.0 Å². The Morgan fingerprint density at radius 1 is 1.00 bits per heavy atom. The topological polar surface area (TPSA) is 30.9 Å². The predicted molar refractivity (Wildman–Crippen MR) is 103 cm³/mol. The second-order valence-corrected chi connectivity index (χ2v) is 9.01. The minimum Gasteiger partial charge on any atom is -0.399 e. The van der Waals surface area contributed by atoms with Crippen molar-refractivity contribution in [2.75, 3.05) is 13.2 Å². The zero-order valence-electron chi connectivity index (χ0n) is 17.3. The van der Waals surface area contributed by atoms with Crippen LogP contribution in [0.25, 0.3) is 0 Å². The summed E-state index contributed by atoms with van der Waals surface area (Å²) in [6, 6.07) is 6.62. The highest BCUT2D eigenvalue weighted by molar-refractivity contribution is 6.62. The standard InChI is InChI=1S/C20H29BF3NO3/c1-18(2)19(3,4)28-21(27-18)14-9-7-13(8-10-14)17-15(11-22)25(12-16(23)24)20(5,6)26-17/h7-10,15-17H,11-12H2,1-6H3. The second-order valence-electron chi connectivity index (χ2n) is 9.01. The number of halogens is 3. The lowest BCUT2D eigenvalue weighted by atomic mass is 9.78. The first kappa shape index (κ1) is 21.6. The van der Waals surface area contributed by atoms with E-state index in [-0.39, 0.29) is 0 Å². The Morgan fingerprint density at radius 2 is 1.54 bits per heavy atom. The minimum absolute atomic E-state index is 0.440. The number of ether oxygens (including phenoxy) is 1. The molecule has 28 heavy (non-hydrogen) atoms. The molecule has 0 amide bonds. The lowest BCUT2D eigenvalue weighted by molar-refractivity contribution is -0.0901. The van der Waals surface area contributed by atoms with E-state index in [2.05, 4.69) is 0 Å². The van der Waals surface area contributed by atoms with Gasteiger partial charge in [-0.2, -0.15) is 0 Å². The van der Waals surface area contributed by atoms with E-state index in [1.165, 1.54) is 4.90 Å². The molecule has 2 saturated heterocycles. The van der Waals surface area contributed by atoms with Crippen LogP contribution in [-0.2, 0) is 14.0 Å². The van der Waals surface area contributed by atoms with E-state index in [0.717, 1.165) is 11.0 Å². The molecule has 2 unspecified atom stereocenters. The molecule has 2 aliphatic rings. The summed E-state index contributed by atoms with van der Waals surface area (Å²) in [6.45, 7) is 10.0. The first-order valence-corrected chi connectivity index (χ1v) is 9.62. The second kappa shape index (κ2) is 7.31. The number of rotatable bonds is 5. The van der Waals surface area contributed by atoms with Gasteiger partial charge in [0.2, 0.25) is 0 Å². The molecule has 2 atom stereocenters. The molecule has 1 aromatic carbocycles. The van der Waals surface area contributed by atoms with Crippen molar-refractivity contribution < 1.29 is 27.2 Å². The average Bonchev–Trinajstić information content (AvgIpc) is 2.96. The fourth-order valence-electron chi connectivity index (χ4n) is 3.80. The quantitative estimate of drug-likeness (QED) is 0.707. The number of benzene rings is 1. The van der Waals surface area contributed by atoms with Crippen LogP contribution in [0.1, 0.15) is 53.2 Å². The van der Waals surface area contributed by atoms with Crippen molar-refractivity contribution in [3.63, 3.8) is 0 Å². The number of alkyl halides is 3. The van der Waals surface area contributed by atoms with Crippen LogP contribution in [0.2, 0.25) is 0 Å². The molecular weight excluding hydrogens is 370 g/mol. The summed E-state index contributed by atoms with van der Waals surface area (Å²) < 4.78 is 57.8. The van der Waals surface area contributed by atoms with Crippen LogP contribution in [0.4, 0.5) is 13.2 Å². The molecule has 2 fully saturated rings. The summed E-state index contributed by atoms with van der Waals surface area (Å²) >= 11 is 0. The smallest absolute Gasteiger partial charge is 0.399 e. The Morgan fingerprint density at radius 3 is 2.00 bits per heavy atom. The molecule has 0 aromatic heterocycles. The van der Waals surface area contributed by atoms with Gasteiger partial charge in [0, 0.05) is 0 Å². The van der Waals surface area contributed by atoms with Gasteiger partial charge in [0.05, 0.1) is 23.8 Å². The summed E-state index contributed by atoms with van der Waals surface area (Å²) in [7, 11) is -0.493. The van der Waals surface area contributed by atoms with Gasteiger partial charge in [-0.05, 0) is 52.6 Å². The molecule has 0 spiro atoms. The van der Waals surface area contributed by atoms with Crippen molar-refractivity contribution in [1.29, 1.82) is 0 Å². The molecule has 8 heteroatoms. The van der Waals surface area contributed by atoms with Gasteiger partial charge in [-0.3, -0.25) is 4.90 Å². The maximum Gasteiger partial charge on any atom is 0.494 e.